The van der Waals surface area contributed by atoms with Gasteiger partial charge in [-0.1, -0.05) is 19.1 Å². The van der Waals surface area contributed by atoms with Crippen molar-refractivity contribution in [3.63, 3.8) is 0 Å². The molecular weight excluding hydrogens is 230 g/mol. The van der Waals surface area contributed by atoms with E-state index in [-0.39, 0.29) is 11.8 Å². The molecule has 0 aromatic heterocycles. The highest BCUT2D eigenvalue weighted by molar-refractivity contribution is 5.92. The Bertz CT molecular complexity index is 341. The molecule has 1 aliphatic rings. The fourth-order valence-corrected chi connectivity index (χ4v) is 1.86. The van der Waals surface area contributed by atoms with Gasteiger partial charge in [0.05, 0.1) is 0 Å². The van der Waals surface area contributed by atoms with Crippen LogP contribution in [-0.4, -0.2) is 29.0 Å². The van der Waals surface area contributed by atoms with Crippen LogP contribution in [0.2, 0.25) is 0 Å². The topological polar surface area (TPSA) is 46.6 Å². The van der Waals surface area contributed by atoms with Gasteiger partial charge in [0.2, 0.25) is 5.91 Å². The molecule has 2 amide bonds. The third-order valence-corrected chi connectivity index (χ3v) is 2.72. The highest BCUT2D eigenvalue weighted by Crippen LogP contribution is 2.21. The van der Waals surface area contributed by atoms with E-state index in [1.165, 1.54) is 4.90 Å². The highest BCUT2D eigenvalue weighted by Gasteiger charge is 2.31. The number of imide groups is 1. The minimum Gasteiger partial charge on any atom is -0.443 e. The maximum absolute atomic E-state index is 11.9. The zero-order valence-corrected chi connectivity index (χ0v) is 11.7. The molecule has 1 rings (SSSR count). The summed E-state index contributed by atoms with van der Waals surface area (Å²) >= 11 is 0. The number of nitrogens with zero attached hydrogens (tertiary/aromatic N) is 1. The lowest BCUT2D eigenvalue weighted by Gasteiger charge is -2.31. The van der Waals surface area contributed by atoms with Crippen LogP contribution in [0.15, 0.2) is 12.2 Å². The van der Waals surface area contributed by atoms with Gasteiger partial charge in [0.1, 0.15) is 5.60 Å². The Kier molecular flexibility index (Phi) is 4.93. The molecule has 0 N–H and O–H groups in total. The Hall–Kier alpha value is -1.32. The van der Waals surface area contributed by atoms with Crippen LogP contribution in [0.5, 0.6) is 0 Å². The zero-order valence-electron chi connectivity index (χ0n) is 11.7. The number of carbonyl (C=O) groups is 2. The summed E-state index contributed by atoms with van der Waals surface area (Å²) in [5, 5.41) is 0. The second-order valence-electron chi connectivity index (χ2n) is 5.61. The molecule has 1 saturated heterocycles. The van der Waals surface area contributed by atoms with Crippen LogP contribution in [0.25, 0.3) is 0 Å². The van der Waals surface area contributed by atoms with Crippen LogP contribution in [0.3, 0.4) is 0 Å². The first-order valence-electron chi connectivity index (χ1n) is 6.53. The predicted molar refractivity (Wildman–Crippen MR) is 70.1 cm³/mol. The second kappa shape index (κ2) is 6.03. The van der Waals surface area contributed by atoms with Crippen LogP contribution in [0.4, 0.5) is 4.79 Å². The molecule has 1 heterocycles. The molecule has 0 bridgehead atoms. The Morgan fingerprint density at radius 2 is 2.17 bits per heavy atom. The van der Waals surface area contributed by atoms with Gasteiger partial charge in [-0.2, -0.15) is 0 Å². The largest absolute Gasteiger partial charge is 0.443 e. The number of ether oxygens (including phenoxy) is 1. The van der Waals surface area contributed by atoms with Gasteiger partial charge in [0.15, 0.2) is 0 Å². The lowest BCUT2D eigenvalue weighted by Crippen LogP contribution is -2.45. The van der Waals surface area contributed by atoms with E-state index in [4.69, 9.17) is 4.74 Å². The van der Waals surface area contributed by atoms with Gasteiger partial charge >= 0.3 is 6.09 Å². The number of carbonyl (C=O) groups excluding carboxylic acids is 2. The van der Waals surface area contributed by atoms with E-state index in [9.17, 15) is 9.59 Å². The summed E-state index contributed by atoms with van der Waals surface area (Å²) in [4.78, 5) is 24.9. The van der Waals surface area contributed by atoms with Gasteiger partial charge in [0, 0.05) is 13.0 Å². The number of piperidine rings is 1. The van der Waals surface area contributed by atoms with E-state index in [0.717, 1.165) is 12.8 Å². The third kappa shape index (κ3) is 4.51. The average molecular weight is 253 g/mol. The molecule has 1 unspecified atom stereocenters. The number of rotatable bonds is 2. The van der Waals surface area contributed by atoms with Crippen LogP contribution in [0, 0.1) is 5.92 Å². The van der Waals surface area contributed by atoms with Gasteiger partial charge in [-0.15, -0.1) is 0 Å². The molecule has 0 saturated carbocycles. The molecule has 0 aliphatic carbocycles. The Morgan fingerprint density at radius 3 is 2.67 bits per heavy atom. The van der Waals surface area contributed by atoms with Crippen molar-refractivity contribution in [3.8, 4) is 0 Å². The molecule has 1 fully saturated rings. The number of allylic oxidation sites excluding steroid dienone is 2. The number of likely N-dealkylation sites (tertiary alicyclic amines) is 1. The van der Waals surface area contributed by atoms with Crippen molar-refractivity contribution in [2.24, 2.45) is 5.92 Å². The molecule has 102 valence electrons. The molecule has 4 heteroatoms. The standard InChI is InChI=1S/C14H23NO3/c1-5-6-7-11-8-9-15(12(16)10-11)13(17)18-14(2,3)4/h6-7,11H,5,8-10H2,1-4H3. The molecule has 0 aromatic rings. The summed E-state index contributed by atoms with van der Waals surface area (Å²) in [7, 11) is 0. The van der Waals surface area contributed by atoms with Crippen molar-refractivity contribution < 1.29 is 14.3 Å². The van der Waals surface area contributed by atoms with Crippen molar-refractivity contribution in [1.82, 2.24) is 4.90 Å². The van der Waals surface area contributed by atoms with Gasteiger partial charge in [-0.3, -0.25) is 4.79 Å². The van der Waals surface area contributed by atoms with Gasteiger partial charge in [0.25, 0.3) is 0 Å². The summed E-state index contributed by atoms with van der Waals surface area (Å²) in [6.45, 7) is 7.91. The van der Waals surface area contributed by atoms with Crippen molar-refractivity contribution in [1.29, 1.82) is 0 Å². The molecule has 1 aliphatic heterocycles. The predicted octanol–water partition coefficient (Wildman–Crippen LogP) is 3.13. The number of hydrogen-bond donors (Lipinski definition) is 0. The van der Waals surface area contributed by atoms with E-state index in [1.807, 2.05) is 0 Å². The minimum atomic E-state index is -0.559. The number of amides is 2. The smallest absolute Gasteiger partial charge is 0.417 e. The maximum Gasteiger partial charge on any atom is 0.417 e. The Labute approximate surface area is 109 Å². The van der Waals surface area contributed by atoms with Crippen LogP contribution >= 0.6 is 0 Å². The van der Waals surface area contributed by atoms with Crippen LogP contribution < -0.4 is 0 Å². The van der Waals surface area contributed by atoms with Gasteiger partial charge in [-0.05, 0) is 39.5 Å². The Morgan fingerprint density at radius 1 is 1.50 bits per heavy atom. The van der Waals surface area contributed by atoms with E-state index in [2.05, 4.69) is 19.1 Å². The molecule has 4 nitrogen and oxygen atoms in total. The maximum atomic E-state index is 11.9. The van der Waals surface area contributed by atoms with Crippen molar-refractivity contribution in [3.05, 3.63) is 12.2 Å². The normalized spacial score (nSPS) is 21.4. The molecule has 18 heavy (non-hydrogen) atoms. The van der Waals surface area contributed by atoms with Crippen molar-refractivity contribution in [2.45, 2.75) is 52.6 Å². The fraction of sp³-hybridized carbons (Fsp3) is 0.714. The first-order chi connectivity index (χ1) is 8.33. The molecular formula is C14H23NO3. The first-order valence-corrected chi connectivity index (χ1v) is 6.53. The third-order valence-electron chi connectivity index (χ3n) is 2.72. The fourth-order valence-electron chi connectivity index (χ4n) is 1.86. The van der Waals surface area contributed by atoms with E-state index >= 15 is 0 Å². The Balaban J connectivity index is 2.55. The zero-order chi connectivity index (χ0) is 13.8. The van der Waals surface area contributed by atoms with Crippen LogP contribution in [-0.2, 0) is 9.53 Å². The average Bonchev–Trinajstić information content (AvgIpc) is 2.23. The van der Waals surface area contributed by atoms with Crippen molar-refractivity contribution >= 4 is 12.0 Å². The first kappa shape index (κ1) is 14.7. The summed E-state index contributed by atoms with van der Waals surface area (Å²) in [5.74, 6) is 0.123. The summed E-state index contributed by atoms with van der Waals surface area (Å²) < 4.78 is 5.21. The number of hydrogen-bond acceptors (Lipinski definition) is 3. The SMILES string of the molecule is CCC=CC1CCN(C(=O)OC(C)(C)C)C(=O)C1. The summed E-state index contributed by atoms with van der Waals surface area (Å²) in [6, 6.07) is 0. The van der Waals surface area contributed by atoms with E-state index < -0.39 is 11.7 Å². The van der Waals surface area contributed by atoms with Gasteiger partial charge < -0.3 is 4.74 Å². The molecule has 0 radical (unpaired) electrons. The second-order valence-corrected chi connectivity index (χ2v) is 5.61. The lowest BCUT2D eigenvalue weighted by atomic mass is 9.96. The van der Waals surface area contributed by atoms with Crippen molar-refractivity contribution in [2.75, 3.05) is 6.54 Å². The monoisotopic (exact) mass is 253 g/mol. The lowest BCUT2D eigenvalue weighted by molar-refractivity contribution is -0.133. The van der Waals surface area contributed by atoms with Gasteiger partial charge in [-0.25, -0.2) is 9.69 Å². The summed E-state index contributed by atoms with van der Waals surface area (Å²) in [6.07, 6.45) is 5.81. The quantitative estimate of drug-likeness (QED) is 0.710. The summed E-state index contributed by atoms with van der Waals surface area (Å²) in [5.41, 5.74) is -0.559. The van der Waals surface area contributed by atoms with E-state index in [0.29, 0.717) is 13.0 Å². The van der Waals surface area contributed by atoms with E-state index in [1.54, 1.807) is 20.8 Å². The van der Waals surface area contributed by atoms with Crippen LogP contribution in [0.1, 0.15) is 47.0 Å². The molecule has 0 spiro atoms. The highest BCUT2D eigenvalue weighted by atomic mass is 16.6. The molecule has 1 atom stereocenters. The minimum absolute atomic E-state index is 0.138. The molecule has 0 aromatic carbocycles.